The van der Waals surface area contributed by atoms with Crippen molar-refractivity contribution in [3.8, 4) is 5.75 Å². The molecule has 0 aliphatic carbocycles. The summed E-state index contributed by atoms with van der Waals surface area (Å²) in [5, 5.41) is 0. The summed E-state index contributed by atoms with van der Waals surface area (Å²) in [7, 11) is 1.59. The van der Waals surface area contributed by atoms with Crippen molar-refractivity contribution in [1.29, 1.82) is 0 Å². The molecule has 0 aliphatic heterocycles. The van der Waals surface area contributed by atoms with Gasteiger partial charge in [0, 0.05) is 12.0 Å². The molecule has 0 radical (unpaired) electrons. The molecule has 1 aromatic rings. The molecule has 1 rings (SSSR count). The summed E-state index contributed by atoms with van der Waals surface area (Å²) in [4.78, 5) is 11.7. The molecule has 0 aliphatic rings. The van der Waals surface area contributed by atoms with E-state index in [-0.39, 0.29) is 5.78 Å². The van der Waals surface area contributed by atoms with E-state index in [2.05, 4.69) is 6.58 Å². The number of benzene rings is 1. The molecule has 2 nitrogen and oxygen atoms in total. The van der Waals surface area contributed by atoms with Gasteiger partial charge in [-0.25, -0.2) is 0 Å². The summed E-state index contributed by atoms with van der Waals surface area (Å²) in [5.41, 5.74) is 1.74. The third-order valence-electron chi connectivity index (χ3n) is 2.17. The van der Waals surface area contributed by atoms with Gasteiger partial charge < -0.3 is 4.74 Å². The summed E-state index contributed by atoms with van der Waals surface area (Å²) in [6, 6.07) is 7.23. The minimum atomic E-state index is 0.136. The van der Waals surface area contributed by atoms with Gasteiger partial charge in [0.15, 0.2) is 5.78 Å². The third-order valence-corrected chi connectivity index (χ3v) is 2.17. The summed E-state index contributed by atoms with van der Waals surface area (Å²) < 4.78 is 5.06. The van der Waals surface area contributed by atoms with E-state index in [1.807, 2.05) is 25.1 Å². The molecule has 0 saturated heterocycles. The highest BCUT2D eigenvalue weighted by molar-refractivity contribution is 5.96. The van der Waals surface area contributed by atoms with E-state index >= 15 is 0 Å². The fraction of sp³-hybridized carbons (Fsp3) is 0.308. The molecule has 2 heteroatoms. The van der Waals surface area contributed by atoms with Crippen LogP contribution in [0.15, 0.2) is 36.4 Å². The highest BCUT2D eigenvalue weighted by Gasteiger charge is 2.06. The molecule has 0 atom stereocenters. The molecule has 0 fully saturated rings. The van der Waals surface area contributed by atoms with Crippen LogP contribution >= 0.6 is 0 Å². The largest absolute Gasteiger partial charge is 0.497 e. The number of ketones is 1. The van der Waals surface area contributed by atoms with E-state index in [0.717, 1.165) is 17.7 Å². The van der Waals surface area contributed by atoms with Crippen LogP contribution in [0.4, 0.5) is 0 Å². The molecular weight excluding hydrogens is 188 g/mol. The van der Waals surface area contributed by atoms with Gasteiger partial charge in [0.1, 0.15) is 5.75 Å². The predicted molar refractivity (Wildman–Crippen MR) is 61.4 cm³/mol. The second kappa shape index (κ2) is 5.35. The number of Topliss-reactive ketones (excluding diaryl/α,β-unsaturated/α-hetero) is 1. The molecule has 0 unspecified atom stereocenters. The van der Waals surface area contributed by atoms with Crippen LogP contribution in [0.1, 0.15) is 30.1 Å². The van der Waals surface area contributed by atoms with Gasteiger partial charge in [-0.1, -0.05) is 17.7 Å². The minimum Gasteiger partial charge on any atom is -0.497 e. The SMILES string of the molecule is C=C(C)CCC(=O)c1cccc(OC)c1. The quantitative estimate of drug-likeness (QED) is 0.543. The van der Waals surface area contributed by atoms with Crippen LogP contribution in [0.5, 0.6) is 5.75 Å². The van der Waals surface area contributed by atoms with Crippen LogP contribution < -0.4 is 4.74 Å². The zero-order valence-corrected chi connectivity index (χ0v) is 9.25. The number of carbonyl (C=O) groups is 1. The Labute approximate surface area is 90.6 Å². The Morgan fingerprint density at radius 2 is 2.13 bits per heavy atom. The van der Waals surface area contributed by atoms with Crippen LogP contribution in [0, 0.1) is 0 Å². The first-order valence-corrected chi connectivity index (χ1v) is 4.95. The molecule has 15 heavy (non-hydrogen) atoms. The maximum atomic E-state index is 11.7. The Morgan fingerprint density at radius 1 is 1.40 bits per heavy atom. The average molecular weight is 204 g/mol. The van der Waals surface area contributed by atoms with Gasteiger partial charge in [0.2, 0.25) is 0 Å². The topological polar surface area (TPSA) is 26.3 Å². The second-order valence-electron chi connectivity index (χ2n) is 3.61. The Hall–Kier alpha value is -1.57. The number of allylic oxidation sites excluding steroid dienone is 1. The average Bonchev–Trinajstić information content (AvgIpc) is 2.26. The Kier molecular flexibility index (Phi) is 4.10. The Morgan fingerprint density at radius 3 is 2.73 bits per heavy atom. The molecule has 0 N–H and O–H groups in total. The van der Waals surface area contributed by atoms with Crippen LogP contribution in [0.2, 0.25) is 0 Å². The molecule has 0 spiro atoms. The first kappa shape index (κ1) is 11.5. The van der Waals surface area contributed by atoms with Crippen LogP contribution in [0.25, 0.3) is 0 Å². The molecule has 0 aromatic heterocycles. The normalized spacial score (nSPS) is 9.73. The molecule has 80 valence electrons. The third kappa shape index (κ3) is 3.58. The van der Waals surface area contributed by atoms with E-state index < -0.39 is 0 Å². The van der Waals surface area contributed by atoms with Gasteiger partial charge in [-0.2, -0.15) is 0 Å². The van der Waals surface area contributed by atoms with Crippen molar-refractivity contribution in [2.75, 3.05) is 7.11 Å². The number of hydrogen-bond donors (Lipinski definition) is 0. The lowest BCUT2D eigenvalue weighted by Crippen LogP contribution is -1.99. The summed E-state index contributed by atoms with van der Waals surface area (Å²) in [6.07, 6.45) is 1.26. The van der Waals surface area contributed by atoms with Crippen LogP contribution in [-0.4, -0.2) is 12.9 Å². The van der Waals surface area contributed by atoms with Crippen molar-refractivity contribution in [2.24, 2.45) is 0 Å². The van der Waals surface area contributed by atoms with E-state index in [1.165, 1.54) is 0 Å². The molecule has 0 bridgehead atoms. The predicted octanol–water partition coefficient (Wildman–Crippen LogP) is 3.23. The molecule has 0 heterocycles. The molecule has 0 saturated carbocycles. The number of ether oxygens (including phenoxy) is 1. The van der Waals surface area contributed by atoms with Gasteiger partial charge in [0.25, 0.3) is 0 Å². The van der Waals surface area contributed by atoms with Crippen molar-refractivity contribution < 1.29 is 9.53 Å². The Balaban J connectivity index is 2.69. The first-order valence-electron chi connectivity index (χ1n) is 4.95. The molecule has 1 aromatic carbocycles. The Bertz CT molecular complexity index is 367. The van der Waals surface area contributed by atoms with Crippen molar-refractivity contribution in [3.63, 3.8) is 0 Å². The number of hydrogen-bond acceptors (Lipinski definition) is 2. The van der Waals surface area contributed by atoms with Crippen LogP contribution in [0.3, 0.4) is 0 Å². The zero-order valence-electron chi connectivity index (χ0n) is 9.25. The highest BCUT2D eigenvalue weighted by Crippen LogP contribution is 2.15. The van der Waals surface area contributed by atoms with Gasteiger partial charge in [0.05, 0.1) is 7.11 Å². The monoisotopic (exact) mass is 204 g/mol. The number of methoxy groups -OCH3 is 1. The fourth-order valence-electron chi connectivity index (χ4n) is 1.27. The maximum absolute atomic E-state index is 11.7. The minimum absolute atomic E-state index is 0.136. The highest BCUT2D eigenvalue weighted by atomic mass is 16.5. The van der Waals surface area contributed by atoms with E-state index in [1.54, 1.807) is 13.2 Å². The zero-order chi connectivity index (χ0) is 11.3. The lowest BCUT2D eigenvalue weighted by molar-refractivity contribution is 0.0982. The van der Waals surface area contributed by atoms with Crippen molar-refractivity contribution in [3.05, 3.63) is 42.0 Å². The smallest absolute Gasteiger partial charge is 0.163 e. The van der Waals surface area contributed by atoms with Gasteiger partial charge >= 0.3 is 0 Å². The van der Waals surface area contributed by atoms with Gasteiger partial charge in [-0.3, -0.25) is 4.79 Å². The summed E-state index contributed by atoms with van der Waals surface area (Å²) in [6.45, 7) is 5.71. The lowest BCUT2D eigenvalue weighted by Gasteiger charge is -2.03. The van der Waals surface area contributed by atoms with Crippen molar-refractivity contribution >= 4 is 5.78 Å². The van der Waals surface area contributed by atoms with Gasteiger partial charge in [-0.15, -0.1) is 6.58 Å². The van der Waals surface area contributed by atoms with Crippen molar-refractivity contribution in [2.45, 2.75) is 19.8 Å². The number of rotatable bonds is 5. The van der Waals surface area contributed by atoms with E-state index in [9.17, 15) is 4.79 Å². The van der Waals surface area contributed by atoms with Gasteiger partial charge in [-0.05, 0) is 25.5 Å². The fourth-order valence-corrected chi connectivity index (χ4v) is 1.27. The first-order chi connectivity index (χ1) is 7.13. The molecular formula is C13H16O2. The maximum Gasteiger partial charge on any atom is 0.163 e. The van der Waals surface area contributed by atoms with E-state index in [0.29, 0.717) is 12.0 Å². The summed E-state index contributed by atoms with van der Waals surface area (Å²) >= 11 is 0. The van der Waals surface area contributed by atoms with Crippen LogP contribution in [-0.2, 0) is 0 Å². The van der Waals surface area contributed by atoms with Crippen molar-refractivity contribution in [1.82, 2.24) is 0 Å². The lowest BCUT2D eigenvalue weighted by atomic mass is 10.0. The number of carbonyl (C=O) groups excluding carboxylic acids is 1. The van der Waals surface area contributed by atoms with E-state index in [4.69, 9.17) is 4.74 Å². The molecule has 0 amide bonds. The standard InChI is InChI=1S/C13H16O2/c1-10(2)7-8-13(14)11-5-4-6-12(9-11)15-3/h4-6,9H,1,7-8H2,2-3H3. The second-order valence-corrected chi connectivity index (χ2v) is 3.61. The summed E-state index contributed by atoms with van der Waals surface area (Å²) in [5.74, 6) is 0.855.